The van der Waals surface area contributed by atoms with E-state index in [1.165, 1.54) is 49.2 Å². The van der Waals surface area contributed by atoms with Gasteiger partial charge in [0.05, 0.1) is 11.2 Å². The molecule has 0 bridgehead atoms. The zero-order chi connectivity index (χ0) is 13.5. The molecule has 1 aromatic rings. The van der Waals surface area contributed by atoms with Crippen molar-refractivity contribution in [3.05, 3.63) is 15.6 Å². The van der Waals surface area contributed by atoms with Crippen LogP contribution in [-0.2, 0) is 18.4 Å². The number of rotatable bonds is 2. The molecule has 0 radical (unpaired) electrons. The quantitative estimate of drug-likeness (QED) is 0.902. The number of thiazole rings is 1. The fraction of sp³-hybridized carbons (Fsp3) is 0.800. The Morgan fingerprint density at radius 3 is 2.84 bits per heavy atom. The molecule has 19 heavy (non-hydrogen) atoms. The minimum Gasteiger partial charge on any atom is -0.308 e. The summed E-state index contributed by atoms with van der Waals surface area (Å²) in [5, 5.41) is 4.96. The topological polar surface area (TPSA) is 28.2 Å². The number of aromatic nitrogens is 1. The summed E-state index contributed by atoms with van der Waals surface area (Å²) in [6.07, 6.45) is 7.47. The first-order valence-corrected chi connectivity index (χ1v) is 8.34. The van der Waals surface area contributed by atoms with Gasteiger partial charge < -0.3 is 10.2 Å². The fourth-order valence-corrected chi connectivity index (χ4v) is 4.82. The maximum atomic E-state index is 5.01. The van der Waals surface area contributed by atoms with E-state index < -0.39 is 0 Å². The number of nitrogens with one attached hydrogen (secondary N) is 1. The van der Waals surface area contributed by atoms with Crippen LogP contribution >= 0.6 is 11.3 Å². The normalized spacial score (nSPS) is 32.3. The lowest BCUT2D eigenvalue weighted by Gasteiger charge is -2.43. The Morgan fingerprint density at radius 2 is 2.16 bits per heavy atom. The van der Waals surface area contributed by atoms with Crippen LogP contribution in [0.2, 0.25) is 0 Å². The van der Waals surface area contributed by atoms with Gasteiger partial charge in [-0.05, 0) is 59.5 Å². The van der Waals surface area contributed by atoms with Gasteiger partial charge in [0.2, 0.25) is 0 Å². The molecular weight excluding hydrogens is 254 g/mol. The molecule has 106 valence electrons. The van der Waals surface area contributed by atoms with Crippen LogP contribution in [-0.4, -0.2) is 36.6 Å². The molecule has 2 heterocycles. The molecule has 0 aromatic carbocycles. The van der Waals surface area contributed by atoms with Gasteiger partial charge in [0, 0.05) is 17.5 Å². The van der Waals surface area contributed by atoms with Crippen molar-refractivity contribution >= 4 is 11.3 Å². The summed E-state index contributed by atoms with van der Waals surface area (Å²) in [6.45, 7) is 3.49. The van der Waals surface area contributed by atoms with Crippen molar-refractivity contribution in [2.45, 2.75) is 57.0 Å². The number of likely N-dealkylation sites (tertiary alicyclic amines) is 1. The molecule has 1 fully saturated rings. The third kappa shape index (κ3) is 2.34. The minimum absolute atomic E-state index is 0.119. The summed E-state index contributed by atoms with van der Waals surface area (Å²) in [5.41, 5.74) is 1.51. The van der Waals surface area contributed by atoms with Crippen molar-refractivity contribution in [3.63, 3.8) is 0 Å². The van der Waals surface area contributed by atoms with E-state index in [-0.39, 0.29) is 5.54 Å². The lowest BCUT2D eigenvalue weighted by atomic mass is 9.84. The van der Waals surface area contributed by atoms with Crippen LogP contribution in [0.4, 0.5) is 0 Å². The molecule has 0 saturated carbocycles. The molecule has 4 heteroatoms. The van der Waals surface area contributed by atoms with Crippen molar-refractivity contribution in [2.75, 3.05) is 20.6 Å². The number of nitrogens with zero attached hydrogens (tertiary/aromatic N) is 2. The molecule has 1 saturated heterocycles. The zero-order valence-electron chi connectivity index (χ0n) is 12.3. The Kier molecular flexibility index (Phi) is 3.67. The molecule has 3 rings (SSSR count). The zero-order valence-corrected chi connectivity index (χ0v) is 13.1. The van der Waals surface area contributed by atoms with Gasteiger partial charge in [0.1, 0.15) is 5.01 Å². The SMILES string of the molecule is CNC1(c2nc3c(s2)CCCC3)CCN(C)C(C)C1. The molecule has 1 N–H and O–H groups in total. The van der Waals surface area contributed by atoms with Crippen molar-refractivity contribution < 1.29 is 0 Å². The molecule has 2 unspecified atom stereocenters. The Hall–Kier alpha value is -0.450. The van der Waals surface area contributed by atoms with E-state index in [0.29, 0.717) is 6.04 Å². The molecule has 1 aromatic heterocycles. The van der Waals surface area contributed by atoms with Gasteiger partial charge in [-0.25, -0.2) is 4.98 Å². The molecule has 2 aliphatic rings. The van der Waals surface area contributed by atoms with E-state index in [0.717, 1.165) is 6.54 Å². The first kappa shape index (κ1) is 13.5. The highest BCUT2D eigenvalue weighted by Crippen LogP contribution is 2.39. The van der Waals surface area contributed by atoms with Gasteiger partial charge in [-0.15, -0.1) is 11.3 Å². The Labute approximate surface area is 120 Å². The molecule has 3 nitrogen and oxygen atoms in total. The Balaban J connectivity index is 1.91. The van der Waals surface area contributed by atoms with Crippen LogP contribution in [0.25, 0.3) is 0 Å². The second-order valence-electron chi connectivity index (χ2n) is 6.21. The van der Waals surface area contributed by atoms with Gasteiger partial charge >= 0.3 is 0 Å². The van der Waals surface area contributed by atoms with Crippen molar-refractivity contribution in [1.82, 2.24) is 15.2 Å². The molecule has 1 aliphatic carbocycles. The van der Waals surface area contributed by atoms with E-state index in [1.807, 2.05) is 11.3 Å². The number of hydrogen-bond acceptors (Lipinski definition) is 4. The van der Waals surface area contributed by atoms with E-state index >= 15 is 0 Å². The fourth-order valence-electron chi connectivity index (χ4n) is 3.43. The van der Waals surface area contributed by atoms with Crippen molar-refractivity contribution in [1.29, 1.82) is 0 Å². The predicted octanol–water partition coefficient (Wildman–Crippen LogP) is 2.55. The van der Waals surface area contributed by atoms with Gasteiger partial charge in [0.15, 0.2) is 0 Å². The summed E-state index contributed by atoms with van der Waals surface area (Å²) < 4.78 is 0. The standard InChI is InChI=1S/C15H25N3S/c1-11-10-15(16-2,8-9-18(11)3)14-17-12-6-4-5-7-13(12)19-14/h11,16H,4-10H2,1-3H3. The highest BCUT2D eigenvalue weighted by Gasteiger charge is 2.40. The number of aryl methyl sites for hydroxylation is 2. The van der Waals surface area contributed by atoms with Gasteiger partial charge in [-0.1, -0.05) is 0 Å². The summed E-state index contributed by atoms with van der Waals surface area (Å²) >= 11 is 1.98. The lowest BCUT2D eigenvalue weighted by molar-refractivity contribution is 0.111. The van der Waals surface area contributed by atoms with E-state index in [4.69, 9.17) is 4.98 Å². The average Bonchev–Trinajstić information content (AvgIpc) is 2.86. The summed E-state index contributed by atoms with van der Waals surface area (Å²) in [5.74, 6) is 0. The van der Waals surface area contributed by atoms with Crippen LogP contribution in [0.15, 0.2) is 0 Å². The molecule has 1 aliphatic heterocycles. The maximum Gasteiger partial charge on any atom is 0.113 e. The number of hydrogen-bond donors (Lipinski definition) is 1. The number of piperidine rings is 1. The van der Waals surface area contributed by atoms with Crippen molar-refractivity contribution in [2.24, 2.45) is 0 Å². The van der Waals surface area contributed by atoms with Crippen molar-refractivity contribution in [3.8, 4) is 0 Å². The second kappa shape index (κ2) is 5.15. The maximum absolute atomic E-state index is 5.01. The second-order valence-corrected chi connectivity index (χ2v) is 7.30. The molecule has 0 spiro atoms. The van der Waals surface area contributed by atoms with E-state index in [1.54, 1.807) is 4.88 Å². The van der Waals surface area contributed by atoms with Crippen LogP contribution in [0.1, 0.15) is 48.2 Å². The first-order chi connectivity index (χ1) is 9.14. The minimum atomic E-state index is 0.119. The van der Waals surface area contributed by atoms with Gasteiger partial charge in [-0.3, -0.25) is 0 Å². The smallest absolute Gasteiger partial charge is 0.113 e. The average molecular weight is 279 g/mol. The summed E-state index contributed by atoms with van der Waals surface area (Å²) in [6, 6.07) is 0.627. The first-order valence-electron chi connectivity index (χ1n) is 7.53. The molecule has 0 amide bonds. The third-order valence-electron chi connectivity index (χ3n) is 5.02. The highest BCUT2D eigenvalue weighted by molar-refractivity contribution is 7.11. The number of fused-ring (bicyclic) bond motifs is 1. The molecule has 2 atom stereocenters. The van der Waals surface area contributed by atoms with E-state index in [2.05, 4.69) is 31.2 Å². The summed E-state index contributed by atoms with van der Waals surface area (Å²) in [7, 11) is 4.34. The van der Waals surface area contributed by atoms with Crippen LogP contribution in [0.5, 0.6) is 0 Å². The van der Waals surface area contributed by atoms with Crippen LogP contribution in [0.3, 0.4) is 0 Å². The summed E-state index contributed by atoms with van der Waals surface area (Å²) in [4.78, 5) is 9.03. The lowest BCUT2D eigenvalue weighted by Crippen LogP contribution is -2.52. The monoisotopic (exact) mass is 279 g/mol. The van der Waals surface area contributed by atoms with Crippen LogP contribution < -0.4 is 5.32 Å². The van der Waals surface area contributed by atoms with Gasteiger partial charge in [-0.2, -0.15) is 0 Å². The van der Waals surface area contributed by atoms with E-state index in [9.17, 15) is 0 Å². The van der Waals surface area contributed by atoms with Crippen LogP contribution in [0, 0.1) is 0 Å². The van der Waals surface area contributed by atoms with Gasteiger partial charge in [0.25, 0.3) is 0 Å². The Bertz CT molecular complexity index is 433. The largest absolute Gasteiger partial charge is 0.308 e. The molecular formula is C15H25N3S. The third-order valence-corrected chi connectivity index (χ3v) is 6.38. The predicted molar refractivity (Wildman–Crippen MR) is 80.8 cm³/mol. The Morgan fingerprint density at radius 1 is 1.37 bits per heavy atom. The highest BCUT2D eigenvalue weighted by atomic mass is 32.1.